The number of piperidine rings is 1. The molecule has 1 aliphatic heterocycles. The lowest BCUT2D eigenvalue weighted by molar-refractivity contribution is 0.0311. The fourth-order valence-corrected chi connectivity index (χ4v) is 2.14. The van der Waals surface area contributed by atoms with E-state index in [1.54, 1.807) is 0 Å². The van der Waals surface area contributed by atoms with Gasteiger partial charge in [0.15, 0.2) is 0 Å². The van der Waals surface area contributed by atoms with Crippen molar-refractivity contribution >= 4 is 0 Å². The minimum atomic E-state index is 0.474. The average molecular weight is 214 g/mol. The van der Waals surface area contributed by atoms with Crippen molar-refractivity contribution in [3.63, 3.8) is 0 Å². The van der Waals surface area contributed by atoms with E-state index in [1.165, 1.54) is 38.8 Å². The SMILES string of the molecule is CCCNCCCN1CCCC(OC)C1. The van der Waals surface area contributed by atoms with Crippen LogP contribution in [0.2, 0.25) is 0 Å². The van der Waals surface area contributed by atoms with Crippen LogP contribution in [0.1, 0.15) is 32.6 Å². The summed E-state index contributed by atoms with van der Waals surface area (Å²) < 4.78 is 5.41. The van der Waals surface area contributed by atoms with Crippen LogP contribution >= 0.6 is 0 Å². The first-order valence-electron chi connectivity index (χ1n) is 6.32. The van der Waals surface area contributed by atoms with Crippen molar-refractivity contribution in [3.8, 4) is 0 Å². The Bertz CT molecular complexity index is 153. The third-order valence-electron chi connectivity index (χ3n) is 3.05. The van der Waals surface area contributed by atoms with Gasteiger partial charge in [0, 0.05) is 13.7 Å². The Labute approximate surface area is 94.2 Å². The molecule has 1 unspecified atom stereocenters. The molecule has 90 valence electrons. The summed E-state index contributed by atoms with van der Waals surface area (Å²) in [7, 11) is 1.83. The number of methoxy groups -OCH3 is 1. The predicted molar refractivity (Wildman–Crippen MR) is 64.2 cm³/mol. The topological polar surface area (TPSA) is 24.5 Å². The van der Waals surface area contributed by atoms with E-state index in [1.807, 2.05) is 7.11 Å². The third-order valence-corrected chi connectivity index (χ3v) is 3.05. The molecule has 0 amide bonds. The fourth-order valence-electron chi connectivity index (χ4n) is 2.14. The smallest absolute Gasteiger partial charge is 0.0698 e. The summed E-state index contributed by atoms with van der Waals surface area (Å²) in [6.45, 7) is 8.12. The standard InChI is InChI=1S/C12H26N2O/c1-3-7-13-8-5-10-14-9-4-6-12(11-14)15-2/h12-13H,3-11H2,1-2H3. The Morgan fingerprint density at radius 2 is 2.27 bits per heavy atom. The number of ether oxygens (including phenoxy) is 1. The van der Waals surface area contributed by atoms with Crippen molar-refractivity contribution in [2.75, 3.05) is 39.8 Å². The zero-order valence-electron chi connectivity index (χ0n) is 10.3. The number of likely N-dealkylation sites (tertiary alicyclic amines) is 1. The molecule has 0 radical (unpaired) electrons. The molecule has 0 aromatic rings. The number of nitrogens with one attached hydrogen (secondary N) is 1. The lowest BCUT2D eigenvalue weighted by Crippen LogP contribution is -2.40. The van der Waals surface area contributed by atoms with Crippen molar-refractivity contribution in [1.82, 2.24) is 10.2 Å². The van der Waals surface area contributed by atoms with Crippen LogP contribution in [0.25, 0.3) is 0 Å². The van der Waals surface area contributed by atoms with Gasteiger partial charge in [-0.1, -0.05) is 6.92 Å². The van der Waals surface area contributed by atoms with Gasteiger partial charge in [0.1, 0.15) is 0 Å². The fraction of sp³-hybridized carbons (Fsp3) is 1.00. The van der Waals surface area contributed by atoms with Crippen molar-refractivity contribution in [1.29, 1.82) is 0 Å². The molecule has 1 N–H and O–H groups in total. The van der Waals surface area contributed by atoms with Crippen LogP contribution in [0.15, 0.2) is 0 Å². The molecule has 1 rings (SSSR count). The van der Waals surface area contributed by atoms with E-state index in [9.17, 15) is 0 Å². The number of hydrogen-bond donors (Lipinski definition) is 1. The zero-order chi connectivity index (χ0) is 10.9. The lowest BCUT2D eigenvalue weighted by atomic mass is 10.1. The molecule has 0 saturated carbocycles. The Balaban J connectivity index is 2.00. The van der Waals surface area contributed by atoms with Gasteiger partial charge in [0.2, 0.25) is 0 Å². The maximum absolute atomic E-state index is 5.41. The highest BCUT2D eigenvalue weighted by Crippen LogP contribution is 2.12. The van der Waals surface area contributed by atoms with E-state index < -0.39 is 0 Å². The van der Waals surface area contributed by atoms with E-state index in [0.29, 0.717) is 6.10 Å². The quantitative estimate of drug-likeness (QED) is 0.650. The molecule has 15 heavy (non-hydrogen) atoms. The van der Waals surface area contributed by atoms with Gasteiger partial charge in [0.05, 0.1) is 6.10 Å². The van der Waals surface area contributed by atoms with Gasteiger partial charge in [0.25, 0.3) is 0 Å². The predicted octanol–water partition coefficient (Wildman–Crippen LogP) is 1.49. The summed E-state index contributed by atoms with van der Waals surface area (Å²) in [4.78, 5) is 2.53. The van der Waals surface area contributed by atoms with Crippen LogP contribution in [0, 0.1) is 0 Å². The molecule has 1 atom stereocenters. The first-order chi connectivity index (χ1) is 7.36. The second-order valence-electron chi connectivity index (χ2n) is 4.40. The van der Waals surface area contributed by atoms with Crippen molar-refractivity contribution in [3.05, 3.63) is 0 Å². The molecule has 1 aliphatic rings. The maximum Gasteiger partial charge on any atom is 0.0698 e. The summed E-state index contributed by atoms with van der Waals surface area (Å²) in [5.74, 6) is 0. The van der Waals surface area contributed by atoms with E-state index in [0.717, 1.165) is 19.6 Å². The number of hydrogen-bond acceptors (Lipinski definition) is 3. The van der Waals surface area contributed by atoms with E-state index in [-0.39, 0.29) is 0 Å². The molecule has 1 heterocycles. The highest BCUT2D eigenvalue weighted by molar-refractivity contribution is 4.72. The molecule has 1 fully saturated rings. The monoisotopic (exact) mass is 214 g/mol. The van der Waals surface area contributed by atoms with E-state index in [4.69, 9.17) is 4.74 Å². The maximum atomic E-state index is 5.41. The van der Waals surface area contributed by atoms with Crippen LogP contribution in [0.4, 0.5) is 0 Å². The van der Waals surface area contributed by atoms with Crippen molar-refractivity contribution < 1.29 is 4.74 Å². The van der Waals surface area contributed by atoms with Crippen molar-refractivity contribution in [2.24, 2.45) is 0 Å². The first-order valence-corrected chi connectivity index (χ1v) is 6.32. The van der Waals surface area contributed by atoms with Gasteiger partial charge < -0.3 is 15.0 Å². The lowest BCUT2D eigenvalue weighted by Gasteiger charge is -2.31. The van der Waals surface area contributed by atoms with E-state index in [2.05, 4.69) is 17.1 Å². The van der Waals surface area contributed by atoms with Crippen LogP contribution in [0.3, 0.4) is 0 Å². The van der Waals surface area contributed by atoms with Gasteiger partial charge in [-0.3, -0.25) is 0 Å². The molecular weight excluding hydrogens is 188 g/mol. The molecule has 0 aliphatic carbocycles. The molecule has 3 nitrogen and oxygen atoms in total. The normalized spacial score (nSPS) is 23.2. The second-order valence-corrected chi connectivity index (χ2v) is 4.40. The third kappa shape index (κ3) is 5.50. The summed E-state index contributed by atoms with van der Waals surface area (Å²) in [5.41, 5.74) is 0. The second kappa shape index (κ2) is 8.08. The molecule has 3 heteroatoms. The molecule has 0 spiro atoms. The van der Waals surface area contributed by atoms with Gasteiger partial charge in [-0.2, -0.15) is 0 Å². The highest BCUT2D eigenvalue weighted by Gasteiger charge is 2.18. The Morgan fingerprint density at radius 3 is 3.00 bits per heavy atom. The zero-order valence-corrected chi connectivity index (χ0v) is 10.3. The average Bonchev–Trinajstić information content (AvgIpc) is 2.29. The van der Waals surface area contributed by atoms with Gasteiger partial charge in [-0.05, 0) is 51.9 Å². The molecular formula is C12H26N2O. The Morgan fingerprint density at radius 1 is 1.40 bits per heavy atom. The highest BCUT2D eigenvalue weighted by atomic mass is 16.5. The number of rotatable bonds is 7. The Kier molecular flexibility index (Phi) is 6.98. The first kappa shape index (κ1) is 12.9. The molecule has 0 bridgehead atoms. The van der Waals surface area contributed by atoms with Gasteiger partial charge >= 0.3 is 0 Å². The van der Waals surface area contributed by atoms with Crippen LogP contribution in [-0.4, -0.2) is 50.8 Å². The van der Waals surface area contributed by atoms with Crippen LogP contribution < -0.4 is 5.32 Å². The Hall–Kier alpha value is -0.120. The van der Waals surface area contributed by atoms with Crippen LogP contribution in [-0.2, 0) is 4.74 Å². The summed E-state index contributed by atoms with van der Waals surface area (Å²) in [6, 6.07) is 0. The largest absolute Gasteiger partial charge is 0.380 e. The minimum Gasteiger partial charge on any atom is -0.380 e. The summed E-state index contributed by atoms with van der Waals surface area (Å²) >= 11 is 0. The van der Waals surface area contributed by atoms with Crippen LogP contribution in [0.5, 0.6) is 0 Å². The van der Waals surface area contributed by atoms with Gasteiger partial charge in [-0.25, -0.2) is 0 Å². The van der Waals surface area contributed by atoms with Gasteiger partial charge in [-0.15, -0.1) is 0 Å². The minimum absolute atomic E-state index is 0.474. The molecule has 0 aromatic carbocycles. The van der Waals surface area contributed by atoms with Crippen molar-refractivity contribution in [2.45, 2.75) is 38.7 Å². The van der Waals surface area contributed by atoms with E-state index >= 15 is 0 Å². The molecule has 0 aromatic heterocycles. The molecule has 1 saturated heterocycles. The summed E-state index contributed by atoms with van der Waals surface area (Å²) in [5, 5.41) is 3.44. The summed E-state index contributed by atoms with van der Waals surface area (Å²) in [6.07, 6.45) is 5.50. The number of nitrogens with zero attached hydrogens (tertiary/aromatic N) is 1.